The minimum Gasteiger partial charge on any atom is -0.497 e. The van der Waals surface area contributed by atoms with Gasteiger partial charge in [0.25, 0.3) is 0 Å². The van der Waals surface area contributed by atoms with Gasteiger partial charge in [-0.3, -0.25) is 0 Å². The monoisotopic (exact) mass is 269 g/mol. The molecule has 0 aliphatic rings. The number of azide groups is 1. The molecular formula is C12H16FN3O3. The largest absolute Gasteiger partial charge is 0.497 e. The summed E-state index contributed by atoms with van der Waals surface area (Å²) in [5.74, 6) is 0.717. The number of hydrogen-bond acceptors (Lipinski definition) is 4. The Morgan fingerprint density at radius 3 is 2.63 bits per heavy atom. The second-order valence-electron chi connectivity index (χ2n) is 3.81. The Morgan fingerprint density at radius 2 is 2.11 bits per heavy atom. The topological polar surface area (TPSA) is 87.5 Å². The molecule has 0 fully saturated rings. The highest BCUT2D eigenvalue weighted by Crippen LogP contribution is 2.14. The number of aliphatic hydroxyl groups excluding tert-OH is 1. The normalized spacial score (nSPS) is 13.4. The van der Waals surface area contributed by atoms with Gasteiger partial charge in [0.2, 0.25) is 0 Å². The van der Waals surface area contributed by atoms with Crippen molar-refractivity contribution in [2.45, 2.75) is 18.9 Å². The van der Waals surface area contributed by atoms with Crippen molar-refractivity contribution in [2.75, 3.05) is 20.3 Å². The van der Waals surface area contributed by atoms with Gasteiger partial charge in [-0.15, -0.1) is 0 Å². The van der Waals surface area contributed by atoms with Gasteiger partial charge in [0.15, 0.2) is 0 Å². The van der Waals surface area contributed by atoms with Crippen molar-refractivity contribution >= 4 is 0 Å². The van der Waals surface area contributed by atoms with Crippen molar-refractivity contribution in [1.82, 2.24) is 0 Å². The zero-order chi connectivity index (χ0) is 14.1. The fraction of sp³-hybridized carbons (Fsp3) is 0.500. The highest BCUT2D eigenvalue weighted by atomic mass is 19.1. The van der Waals surface area contributed by atoms with E-state index in [9.17, 15) is 4.39 Å². The van der Waals surface area contributed by atoms with Gasteiger partial charge in [-0.1, -0.05) is 17.2 Å². The van der Waals surface area contributed by atoms with Gasteiger partial charge in [0.1, 0.15) is 18.0 Å². The number of ether oxygens (including phenoxy) is 2. The number of aliphatic hydroxyl groups is 1. The van der Waals surface area contributed by atoms with Crippen LogP contribution in [0.2, 0.25) is 0 Å². The molecule has 7 heteroatoms. The molecule has 0 unspecified atom stereocenters. The van der Waals surface area contributed by atoms with Gasteiger partial charge in [-0.25, -0.2) is 4.39 Å². The van der Waals surface area contributed by atoms with Crippen molar-refractivity contribution in [3.63, 3.8) is 0 Å². The van der Waals surface area contributed by atoms with E-state index in [0.29, 0.717) is 5.75 Å². The van der Waals surface area contributed by atoms with Crippen molar-refractivity contribution < 1.29 is 19.0 Å². The van der Waals surface area contributed by atoms with Crippen LogP contribution in [0.25, 0.3) is 10.4 Å². The molecule has 0 amide bonds. The summed E-state index contributed by atoms with van der Waals surface area (Å²) in [6, 6.07) is 7.10. The Hall–Kier alpha value is -1.82. The molecule has 0 aliphatic carbocycles. The molecule has 1 aromatic carbocycles. The van der Waals surface area contributed by atoms with Crippen LogP contribution in [0.1, 0.15) is 5.56 Å². The maximum Gasteiger partial charge on any atom is 0.134 e. The molecule has 0 heterocycles. The molecule has 6 nitrogen and oxygen atoms in total. The number of alkyl halides is 1. The van der Waals surface area contributed by atoms with Gasteiger partial charge in [-0.2, -0.15) is 0 Å². The van der Waals surface area contributed by atoms with E-state index < -0.39 is 18.9 Å². The average molecular weight is 269 g/mol. The number of halogens is 1. The third-order valence-corrected chi connectivity index (χ3v) is 2.53. The minimum absolute atomic E-state index is 0.159. The summed E-state index contributed by atoms with van der Waals surface area (Å²) in [5, 5.41) is 12.2. The van der Waals surface area contributed by atoms with E-state index in [-0.39, 0.29) is 13.2 Å². The summed E-state index contributed by atoms with van der Waals surface area (Å²) in [7, 11) is 1.57. The van der Waals surface area contributed by atoms with Crippen LogP contribution in [0.4, 0.5) is 4.39 Å². The van der Waals surface area contributed by atoms with E-state index in [1.54, 1.807) is 31.4 Å². The lowest BCUT2D eigenvalue weighted by atomic mass is 10.2. The average Bonchev–Trinajstić information content (AvgIpc) is 2.46. The Labute approximate surface area is 110 Å². The van der Waals surface area contributed by atoms with E-state index in [1.807, 2.05) is 0 Å². The third kappa shape index (κ3) is 5.13. The van der Waals surface area contributed by atoms with E-state index in [4.69, 9.17) is 20.1 Å². The fourth-order valence-corrected chi connectivity index (χ4v) is 1.43. The van der Waals surface area contributed by atoms with E-state index >= 15 is 0 Å². The molecular weight excluding hydrogens is 253 g/mol. The number of rotatable bonds is 8. The summed E-state index contributed by atoms with van der Waals surface area (Å²) in [5.41, 5.74) is 8.93. The van der Waals surface area contributed by atoms with Crippen LogP contribution in [-0.4, -0.2) is 37.6 Å². The zero-order valence-corrected chi connectivity index (χ0v) is 10.6. The van der Waals surface area contributed by atoms with Gasteiger partial charge in [0, 0.05) is 4.91 Å². The van der Waals surface area contributed by atoms with Crippen LogP contribution in [-0.2, 0) is 11.3 Å². The van der Waals surface area contributed by atoms with E-state index in [1.165, 1.54) is 0 Å². The molecule has 1 aromatic rings. The van der Waals surface area contributed by atoms with Crippen LogP contribution in [0.5, 0.6) is 5.75 Å². The number of nitrogens with zero attached hydrogens (tertiary/aromatic N) is 3. The highest BCUT2D eigenvalue weighted by molar-refractivity contribution is 5.26. The van der Waals surface area contributed by atoms with Crippen molar-refractivity contribution in [3.05, 3.63) is 40.3 Å². The molecule has 0 aliphatic heterocycles. The van der Waals surface area contributed by atoms with Crippen molar-refractivity contribution in [1.29, 1.82) is 0 Å². The van der Waals surface area contributed by atoms with Crippen LogP contribution in [0.15, 0.2) is 29.4 Å². The molecule has 0 aromatic heterocycles. The van der Waals surface area contributed by atoms with Gasteiger partial charge in [0.05, 0.1) is 26.9 Å². The lowest BCUT2D eigenvalue weighted by Gasteiger charge is -2.18. The summed E-state index contributed by atoms with van der Waals surface area (Å²) >= 11 is 0. The molecule has 1 rings (SSSR count). The number of methoxy groups -OCH3 is 1. The summed E-state index contributed by atoms with van der Waals surface area (Å²) in [6.45, 7) is -0.672. The van der Waals surface area contributed by atoms with Gasteiger partial charge < -0.3 is 14.6 Å². The Bertz CT molecular complexity index is 421. The molecule has 2 atom stereocenters. The van der Waals surface area contributed by atoms with Gasteiger partial charge in [-0.05, 0) is 23.2 Å². The molecule has 0 saturated carbocycles. The molecule has 0 saturated heterocycles. The molecule has 1 N–H and O–H groups in total. The smallest absolute Gasteiger partial charge is 0.134 e. The maximum absolute atomic E-state index is 13.5. The SMILES string of the molecule is COc1ccc(CO[C@H](CO)[C@H](F)CN=[N+]=[N-])cc1. The fourth-order valence-electron chi connectivity index (χ4n) is 1.43. The molecule has 104 valence electrons. The second kappa shape index (κ2) is 8.31. The Balaban J connectivity index is 2.49. The lowest BCUT2D eigenvalue weighted by molar-refractivity contribution is -0.0402. The minimum atomic E-state index is -1.53. The predicted molar refractivity (Wildman–Crippen MR) is 67.6 cm³/mol. The number of hydrogen-bond donors (Lipinski definition) is 1. The first kappa shape index (κ1) is 15.2. The quantitative estimate of drug-likeness (QED) is 0.446. The summed E-state index contributed by atoms with van der Waals surface area (Å²) in [4.78, 5) is 2.46. The first-order valence-corrected chi connectivity index (χ1v) is 5.71. The first-order valence-electron chi connectivity index (χ1n) is 5.71. The Morgan fingerprint density at radius 1 is 1.42 bits per heavy atom. The van der Waals surface area contributed by atoms with Crippen LogP contribution < -0.4 is 4.74 Å². The third-order valence-electron chi connectivity index (χ3n) is 2.53. The number of benzene rings is 1. The Kier molecular flexibility index (Phi) is 6.67. The molecule has 0 bridgehead atoms. The standard InChI is InChI=1S/C12H16FN3O3/c1-18-10-4-2-9(3-5-10)8-19-12(7-17)11(13)6-15-16-14/h2-5,11-12,17H,6-8H2,1H3/t11-,12-/m1/s1. The summed E-state index contributed by atoms with van der Waals surface area (Å²) < 4.78 is 23.8. The first-order chi connectivity index (χ1) is 9.21. The highest BCUT2D eigenvalue weighted by Gasteiger charge is 2.20. The van der Waals surface area contributed by atoms with E-state index in [0.717, 1.165) is 5.56 Å². The molecule has 0 radical (unpaired) electrons. The van der Waals surface area contributed by atoms with Crippen molar-refractivity contribution in [3.8, 4) is 5.75 Å². The van der Waals surface area contributed by atoms with Gasteiger partial charge >= 0.3 is 0 Å². The second-order valence-corrected chi connectivity index (χ2v) is 3.81. The molecule has 19 heavy (non-hydrogen) atoms. The van der Waals surface area contributed by atoms with Crippen LogP contribution >= 0.6 is 0 Å². The zero-order valence-electron chi connectivity index (χ0n) is 10.6. The van der Waals surface area contributed by atoms with Crippen LogP contribution in [0.3, 0.4) is 0 Å². The predicted octanol–water partition coefficient (Wildman–Crippen LogP) is 2.22. The molecule has 0 spiro atoms. The van der Waals surface area contributed by atoms with Crippen LogP contribution in [0, 0.1) is 0 Å². The lowest BCUT2D eigenvalue weighted by Crippen LogP contribution is -2.31. The maximum atomic E-state index is 13.5. The van der Waals surface area contributed by atoms with E-state index in [2.05, 4.69) is 10.0 Å². The summed E-state index contributed by atoms with van der Waals surface area (Å²) in [6.07, 6.45) is -2.54. The van der Waals surface area contributed by atoms with Crippen molar-refractivity contribution in [2.24, 2.45) is 5.11 Å².